The number of ether oxygens (including phenoxy) is 4. The van der Waals surface area contributed by atoms with Crippen molar-refractivity contribution in [2.24, 2.45) is 20.0 Å². The maximum Gasteiger partial charge on any atom is 2.00 e. The molecule has 70 heavy (non-hydrogen) atoms. The number of halogens is 6. The topological polar surface area (TPSA) is 215 Å². The number of aliphatic imine (C=N–C) groups is 4. The Morgan fingerprint density at radius 3 is 0.786 bits per heavy atom. The van der Waals surface area contributed by atoms with Crippen molar-refractivity contribution in [1.82, 2.24) is 6.15 Å². The Kier molecular flexibility index (Phi) is 25.8. The van der Waals surface area contributed by atoms with E-state index in [1.807, 2.05) is 27.7 Å². The van der Waals surface area contributed by atoms with E-state index in [-0.39, 0.29) is 87.5 Å². The van der Waals surface area contributed by atoms with E-state index in [1.54, 1.807) is 97.7 Å². The smallest absolute Gasteiger partial charge is 0.369 e. The number of nitrogens with zero attached hydrogens (tertiary/aromatic N) is 4. The van der Waals surface area contributed by atoms with Gasteiger partial charge in [-0.05, 0) is 99.9 Å². The summed E-state index contributed by atoms with van der Waals surface area (Å²) in [4.78, 5) is 18.7. The summed E-state index contributed by atoms with van der Waals surface area (Å²) >= 11 is 0. The second kappa shape index (κ2) is 28.7. The van der Waals surface area contributed by atoms with Crippen LogP contribution in [0.5, 0.6) is 46.0 Å². The fourth-order valence-corrected chi connectivity index (χ4v) is 7.20. The van der Waals surface area contributed by atoms with Crippen LogP contribution in [0.4, 0.5) is 25.2 Å². The molecule has 0 aliphatic heterocycles. The fourth-order valence-electron chi connectivity index (χ4n) is 7.20. The molecule has 0 bridgehead atoms. The molecule has 0 saturated heterocycles. The minimum atomic E-state index is -10.7. The number of hydrogen-bond acceptors (Lipinski definition) is 12. The van der Waals surface area contributed by atoms with Gasteiger partial charge in [0.15, 0.2) is 0 Å². The van der Waals surface area contributed by atoms with Gasteiger partial charge in [-0.15, -0.1) is 0 Å². The van der Waals surface area contributed by atoms with Crippen LogP contribution in [-0.2, 0) is 34.1 Å². The summed E-state index contributed by atoms with van der Waals surface area (Å²) in [6.07, 6.45) is 14.5. The summed E-state index contributed by atoms with van der Waals surface area (Å²) in [7, 11) is -10.7. The van der Waals surface area contributed by atoms with Crippen molar-refractivity contribution in [2.45, 2.75) is 103 Å². The van der Waals surface area contributed by atoms with E-state index in [4.69, 9.17) is 18.9 Å². The zero-order valence-electron chi connectivity index (χ0n) is 39.4. The van der Waals surface area contributed by atoms with Gasteiger partial charge in [0.1, 0.15) is 23.0 Å². The molecule has 0 unspecified atom stereocenters. The Morgan fingerprint density at radius 1 is 0.429 bits per heavy atom. The summed E-state index contributed by atoms with van der Waals surface area (Å²) in [6.45, 7) is 9.18. The van der Waals surface area contributed by atoms with Gasteiger partial charge in [0, 0.05) is 24.9 Å². The van der Waals surface area contributed by atoms with Crippen molar-refractivity contribution >= 4 is 32.7 Å². The predicted molar refractivity (Wildman–Crippen MR) is 250 cm³/mol. The van der Waals surface area contributed by atoms with Crippen LogP contribution in [0.3, 0.4) is 0 Å². The first kappa shape index (κ1) is 63.0. The molecule has 2 aliphatic rings. The van der Waals surface area contributed by atoms with E-state index in [9.17, 15) is 45.6 Å². The molecule has 4 aromatic rings. The van der Waals surface area contributed by atoms with Crippen LogP contribution < -0.4 is 45.5 Å². The van der Waals surface area contributed by atoms with Gasteiger partial charge >= 0.3 is 67.1 Å². The van der Waals surface area contributed by atoms with Crippen LogP contribution >= 0.6 is 7.81 Å². The van der Waals surface area contributed by atoms with E-state index in [1.165, 1.54) is 0 Å². The second-order valence-corrected chi connectivity index (χ2v) is 17.3. The average molecular weight is 1110 g/mol. The number of benzene rings is 4. The SMILES string of the molecule is CCOc1cccc(C=N[C@@H]2CCCC[C@H]2N=Cc2cccc(OCC)c2[O-])c1[O-].CCOc1cccc(C=N[C@@H]2CCCC[C@H]2N=Cc2cccc(OCC)c2[O-])c1[O-].F[P-](F)(F)(F)(F)F.[Cu+2].[Cu+2].[NH4+]. The maximum absolute atomic E-state index is 12.5. The maximum atomic E-state index is 12.5. The molecule has 2 saturated carbocycles. The van der Waals surface area contributed by atoms with E-state index >= 15 is 0 Å². The molecule has 0 heterocycles. The van der Waals surface area contributed by atoms with E-state index in [0.29, 0.717) is 71.7 Å². The van der Waals surface area contributed by atoms with Crippen molar-refractivity contribution in [3.63, 3.8) is 0 Å². The van der Waals surface area contributed by atoms with Gasteiger partial charge in [-0.2, -0.15) is 0 Å². The first-order valence-electron chi connectivity index (χ1n) is 22.1. The third kappa shape index (κ3) is 21.9. The van der Waals surface area contributed by atoms with Crippen molar-refractivity contribution in [3.8, 4) is 46.0 Å². The molecule has 22 heteroatoms. The van der Waals surface area contributed by atoms with Gasteiger partial charge in [-0.25, -0.2) is 0 Å². The Balaban J connectivity index is 0.000000593. The molecule has 2 aliphatic carbocycles. The standard InChI is InChI=1S/2C24H30N2O4.2Cu.F6P.H3N/c2*1-3-29-21-13-7-9-17(23(21)27)15-25-19-11-5-6-12-20(19)26-16-18-10-8-14-22(24(18)28)30-4-2;;;1-7(2,3,4,5)6;/h2*7-10,13-16,19-20,27-28H,3-6,11-12H2,1-2H3;;;;1H3/q;;2*+2;-1;/p-3/t2*19-,20-;;;;/m11..../s1. The fraction of sp³-hybridized carbons (Fsp3) is 0.417. The summed E-state index contributed by atoms with van der Waals surface area (Å²) in [5, 5.41) is 49.8. The average Bonchev–Trinajstić information content (AvgIpc) is 3.27. The van der Waals surface area contributed by atoms with Crippen LogP contribution in [0.25, 0.3) is 0 Å². The van der Waals surface area contributed by atoms with Gasteiger partial charge in [0.05, 0.1) is 50.6 Å². The first-order chi connectivity index (χ1) is 31.7. The molecular formula is C48H60Cu2F6N5O8P. The molecule has 394 valence electrons. The van der Waals surface area contributed by atoms with Crippen molar-refractivity contribution in [3.05, 3.63) is 95.1 Å². The predicted octanol–water partition coefficient (Wildman–Crippen LogP) is 10.7. The van der Waals surface area contributed by atoms with E-state index in [0.717, 1.165) is 51.4 Å². The molecule has 6 rings (SSSR count). The number of para-hydroxylation sites is 4. The monoisotopic (exact) mass is 1110 g/mol. The quantitative estimate of drug-likeness (QED) is 0.0492. The minimum absolute atomic E-state index is 0. The number of rotatable bonds is 16. The zero-order valence-corrected chi connectivity index (χ0v) is 42.2. The number of quaternary nitrogens is 1. The Hall–Kier alpha value is -5.03. The van der Waals surface area contributed by atoms with E-state index in [2.05, 4.69) is 20.0 Å². The zero-order chi connectivity index (χ0) is 49.1. The summed E-state index contributed by atoms with van der Waals surface area (Å²) < 4.78 is 80.7. The third-order valence-corrected chi connectivity index (χ3v) is 10.2. The summed E-state index contributed by atoms with van der Waals surface area (Å²) in [5.74, 6) is 0.776. The van der Waals surface area contributed by atoms with Gasteiger partial charge in [0.2, 0.25) is 0 Å². The van der Waals surface area contributed by atoms with Gasteiger partial charge in [0.25, 0.3) is 0 Å². The Bertz CT molecular complexity index is 2050. The first-order valence-corrected chi connectivity index (χ1v) is 24.2. The van der Waals surface area contributed by atoms with Crippen LogP contribution in [-0.4, -0.2) is 75.5 Å². The Morgan fingerprint density at radius 2 is 0.614 bits per heavy atom. The van der Waals surface area contributed by atoms with Crippen molar-refractivity contribution in [2.75, 3.05) is 26.4 Å². The molecule has 0 amide bonds. The molecule has 13 nitrogen and oxygen atoms in total. The number of hydrogen-bond donors (Lipinski definition) is 1. The normalized spacial score (nSPS) is 18.9. The third-order valence-electron chi connectivity index (χ3n) is 10.2. The summed E-state index contributed by atoms with van der Waals surface area (Å²) in [6, 6.07) is 20.8. The molecule has 2 fully saturated rings. The van der Waals surface area contributed by atoms with Crippen molar-refractivity contribution < 1.29 is 98.7 Å². The summed E-state index contributed by atoms with van der Waals surface area (Å²) in [5.41, 5.74) is 2.06. The molecular weight excluding hydrogens is 1050 g/mol. The van der Waals surface area contributed by atoms with Gasteiger partial charge in [-0.1, -0.05) is 97.2 Å². The van der Waals surface area contributed by atoms with Crippen LogP contribution in [0.1, 0.15) is 101 Å². The minimum Gasteiger partial charge on any atom is -0.369 e. The largest absolute Gasteiger partial charge is 2.00 e. The van der Waals surface area contributed by atoms with Crippen LogP contribution in [0, 0.1) is 0 Å². The van der Waals surface area contributed by atoms with Crippen LogP contribution in [0.15, 0.2) is 92.8 Å². The molecule has 4 N–H and O–H groups in total. The molecule has 2 radical (unpaired) electrons. The molecule has 0 spiro atoms. The molecule has 0 aromatic heterocycles. The molecule has 4 aromatic carbocycles. The molecule has 4 atom stereocenters. The van der Waals surface area contributed by atoms with Crippen LogP contribution in [0.2, 0.25) is 0 Å². The Labute approximate surface area is 426 Å². The van der Waals surface area contributed by atoms with Crippen molar-refractivity contribution in [1.29, 1.82) is 0 Å². The van der Waals surface area contributed by atoms with Gasteiger partial charge < -0.3 is 45.5 Å². The van der Waals surface area contributed by atoms with Gasteiger partial charge in [-0.3, -0.25) is 20.0 Å². The van der Waals surface area contributed by atoms with E-state index < -0.39 is 7.81 Å². The second-order valence-electron chi connectivity index (χ2n) is 15.3.